The van der Waals surface area contributed by atoms with Crippen molar-refractivity contribution < 1.29 is 9.59 Å². The van der Waals surface area contributed by atoms with Gasteiger partial charge in [-0.2, -0.15) is 4.98 Å². The number of anilines is 1. The zero-order valence-electron chi connectivity index (χ0n) is 17.8. The van der Waals surface area contributed by atoms with Crippen LogP contribution in [0.15, 0.2) is 30.3 Å². The summed E-state index contributed by atoms with van der Waals surface area (Å²) in [5.74, 6) is 0.469. The first-order valence-corrected chi connectivity index (χ1v) is 10.5. The van der Waals surface area contributed by atoms with Gasteiger partial charge in [0.25, 0.3) is 5.78 Å². The Morgan fingerprint density at radius 2 is 1.97 bits per heavy atom. The number of hydrogen-bond acceptors (Lipinski definition) is 6. The van der Waals surface area contributed by atoms with Gasteiger partial charge in [0.05, 0.1) is 12.3 Å². The molecular weight excluding hydrogens is 394 g/mol. The molecule has 1 unspecified atom stereocenters. The zero-order valence-corrected chi connectivity index (χ0v) is 17.8. The molecule has 0 aliphatic carbocycles. The van der Waals surface area contributed by atoms with Crippen LogP contribution in [0, 0.1) is 19.8 Å². The molecule has 1 atom stereocenters. The molecule has 162 valence electrons. The van der Waals surface area contributed by atoms with Crippen LogP contribution in [0.5, 0.6) is 0 Å². The number of nitrogens with one attached hydrogen (secondary N) is 1. The van der Waals surface area contributed by atoms with Crippen molar-refractivity contribution in [3.8, 4) is 0 Å². The van der Waals surface area contributed by atoms with Crippen molar-refractivity contribution in [3.63, 3.8) is 0 Å². The van der Waals surface area contributed by atoms with Gasteiger partial charge in [-0.15, -0.1) is 5.10 Å². The lowest BCUT2D eigenvalue weighted by molar-refractivity contribution is -0.123. The Kier molecular flexibility index (Phi) is 5.94. The molecule has 3 aromatic rings. The summed E-state index contributed by atoms with van der Waals surface area (Å²) in [6, 6.07) is 9.67. The van der Waals surface area contributed by atoms with Gasteiger partial charge in [0.2, 0.25) is 11.8 Å². The van der Waals surface area contributed by atoms with Crippen molar-refractivity contribution in [2.45, 2.75) is 39.7 Å². The quantitative estimate of drug-likeness (QED) is 0.624. The van der Waals surface area contributed by atoms with E-state index >= 15 is 0 Å². The molecule has 0 radical (unpaired) electrons. The van der Waals surface area contributed by atoms with Crippen molar-refractivity contribution in [2.75, 3.05) is 18.4 Å². The van der Waals surface area contributed by atoms with Crippen LogP contribution in [0.25, 0.3) is 5.78 Å². The number of likely N-dealkylation sites (tertiary alicyclic amines) is 1. The van der Waals surface area contributed by atoms with Gasteiger partial charge in [-0.1, -0.05) is 12.1 Å². The number of amides is 2. The van der Waals surface area contributed by atoms with Crippen molar-refractivity contribution >= 4 is 23.3 Å². The summed E-state index contributed by atoms with van der Waals surface area (Å²) in [5.41, 5.74) is 9.09. The normalized spacial score (nSPS) is 17.0. The summed E-state index contributed by atoms with van der Waals surface area (Å²) >= 11 is 0. The average Bonchev–Trinajstić information content (AvgIpc) is 3.12. The number of aromatic nitrogens is 4. The lowest BCUT2D eigenvalue weighted by atomic mass is 9.97. The van der Waals surface area contributed by atoms with Crippen LogP contribution in [0.2, 0.25) is 0 Å². The van der Waals surface area contributed by atoms with E-state index in [2.05, 4.69) is 25.3 Å². The number of nitrogens with two attached hydrogens (primary N) is 1. The second kappa shape index (κ2) is 8.81. The molecule has 1 fully saturated rings. The minimum absolute atomic E-state index is 0.0663. The van der Waals surface area contributed by atoms with Crippen LogP contribution in [0.4, 0.5) is 5.69 Å². The van der Waals surface area contributed by atoms with Gasteiger partial charge < -0.3 is 11.1 Å². The second-order valence-corrected chi connectivity index (χ2v) is 8.18. The van der Waals surface area contributed by atoms with Gasteiger partial charge in [0.1, 0.15) is 0 Å². The van der Waals surface area contributed by atoms with E-state index in [9.17, 15) is 9.59 Å². The average molecular weight is 422 g/mol. The smallest absolute Gasteiger partial charge is 0.252 e. The molecule has 0 spiro atoms. The summed E-state index contributed by atoms with van der Waals surface area (Å²) in [6.45, 7) is 6.25. The Hall–Kier alpha value is -3.33. The molecule has 2 aromatic heterocycles. The number of hydrogen-bond donors (Lipinski definition) is 2. The Balaban J connectivity index is 1.34. The standard InChI is InChI=1S/C22H27N7O2/c1-14-10-15(2)29-22(24-14)26-19(27-29)11-20(30)25-18-7-5-16(6-8-18)12-28-9-3-4-17(13-28)21(23)31/h5-8,10,17H,3-4,9,11-13H2,1-2H3,(H2,23,31)(H,25,30). The molecule has 2 amide bonds. The second-order valence-electron chi connectivity index (χ2n) is 8.18. The van der Waals surface area contributed by atoms with E-state index < -0.39 is 0 Å². The molecule has 1 aromatic carbocycles. The number of benzene rings is 1. The highest BCUT2D eigenvalue weighted by Crippen LogP contribution is 2.19. The first-order chi connectivity index (χ1) is 14.9. The number of carbonyl (C=O) groups is 2. The van der Waals surface area contributed by atoms with Crippen LogP contribution in [0.1, 0.15) is 35.6 Å². The van der Waals surface area contributed by atoms with E-state index in [0.29, 0.717) is 18.1 Å². The summed E-state index contributed by atoms with van der Waals surface area (Å²) in [6.07, 6.45) is 1.92. The van der Waals surface area contributed by atoms with Crippen molar-refractivity contribution in [3.05, 3.63) is 53.1 Å². The van der Waals surface area contributed by atoms with Crippen LogP contribution >= 0.6 is 0 Å². The van der Waals surface area contributed by atoms with Gasteiger partial charge in [-0.25, -0.2) is 9.50 Å². The molecule has 9 heteroatoms. The highest BCUT2D eigenvalue weighted by molar-refractivity contribution is 5.91. The molecule has 4 rings (SSSR count). The minimum Gasteiger partial charge on any atom is -0.369 e. The van der Waals surface area contributed by atoms with E-state index in [1.165, 1.54) is 0 Å². The fourth-order valence-electron chi connectivity index (χ4n) is 4.01. The molecule has 9 nitrogen and oxygen atoms in total. The van der Waals surface area contributed by atoms with E-state index in [1.807, 2.05) is 44.2 Å². The molecule has 3 heterocycles. The number of piperidine rings is 1. The van der Waals surface area contributed by atoms with Gasteiger partial charge in [-0.3, -0.25) is 14.5 Å². The van der Waals surface area contributed by atoms with E-state index in [0.717, 1.165) is 48.6 Å². The molecule has 1 aliphatic rings. The Morgan fingerprint density at radius 3 is 2.71 bits per heavy atom. The number of primary amides is 1. The topological polar surface area (TPSA) is 119 Å². The highest BCUT2D eigenvalue weighted by Gasteiger charge is 2.23. The van der Waals surface area contributed by atoms with Gasteiger partial charge >= 0.3 is 0 Å². The molecule has 1 saturated heterocycles. The Labute approximate surface area is 180 Å². The van der Waals surface area contributed by atoms with Gasteiger partial charge in [0, 0.05) is 30.2 Å². The highest BCUT2D eigenvalue weighted by atomic mass is 16.2. The first-order valence-electron chi connectivity index (χ1n) is 10.5. The largest absolute Gasteiger partial charge is 0.369 e. The third kappa shape index (κ3) is 5.05. The maximum Gasteiger partial charge on any atom is 0.252 e. The molecular formula is C22H27N7O2. The fraction of sp³-hybridized carbons (Fsp3) is 0.409. The third-order valence-corrected chi connectivity index (χ3v) is 5.53. The summed E-state index contributed by atoms with van der Waals surface area (Å²) in [4.78, 5) is 34.8. The Bertz CT molecular complexity index is 1110. The predicted molar refractivity (Wildman–Crippen MR) is 116 cm³/mol. The van der Waals surface area contributed by atoms with E-state index in [-0.39, 0.29) is 24.2 Å². The molecule has 0 bridgehead atoms. The minimum atomic E-state index is -0.219. The maximum atomic E-state index is 12.4. The first kappa shape index (κ1) is 20.9. The lowest BCUT2D eigenvalue weighted by Gasteiger charge is -2.31. The SMILES string of the molecule is Cc1cc(C)n2nc(CC(=O)Nc3ccc(CN4CCCC(C(N)=O)C4)cc3)nc2n1. The molecule has 1 aliphatic heterocycles. The van der Waals surface area contributed by atoms with Crippen molar-refractivity contribution in [1.82, 2.24) is 24.5 Å². The third-order valence-electron chi connectivity index (χ3n) is 5.53. The number of rotatable bonds is 6. The maximum absolute atomic E-state index is 12.4. The van der Waals surface area contributed by atoms with Crippen LogP contribution in [-0.2, 0) is 22.6 Å². The van der Waals surface area contributed by atoms with Crippen LogP contribution in [-0.4, -0.2) is 49.4 Å². The predicted octanol–water partition coefficient (Wildman–Crippen LogP) is 1.62. The Morgan fingerprint density at radius 1 is 1.19 bits per heavy atom. The molecule has 31 heavy (non-hydrogen) atoms. The monoisotopic (exact) mass is 421 g/mol. The van der Waals surface area contributed by atoms with Crippen molar-refractivity contribution in [2.24, 2.45) is 11.7 Å². The van der Waals surface area contributed by atoms with Crippen molar-refractivity contribution in [1.29, 1.82) is 0 Å². The zero-order chi connectivity index (χ0) is 22.0. The van der Waals surface area contributed by atoms with E-state index in [1.54, 1.807) is 4.52 Å². The van der Waals surface area contributed by atoms with Gasteiger partial charge in [0.15, 0.2) is 5.82 Å². The number of nitrogens with zero attached hydrogens (tertiary/aromatic N) is 5. The lowest BCUT2D eigenvalue weighted by Crippen LogP contribution is -2.40. The number of aryl methyl sites for hydroxylation is 2. The summed E-state index contributed by atoms with van der Waals surface area (Å²) in [5, 5.41) is 7.27. The van der Waals surface area contributed by atoms with Crippen LogP contribution < -0.4 is 11.1 Å². The number of fused-ring (bicyclic) bond motifs is 1. The summed E-state index contributed by atoms with van der Waals surface area (Å²) in [7, 11) is 0. The van der Waals surface area contributed by atoms with Gasteiger partial charge in [-0.05, 0) is 57.0 Å². The molecule has 3 N–H and O–H groups in total. The fourth-order valence-corrected chi connectivity index (χ4v) is 4.01. The summed E-state index contributed by atoms with van der Waals surface area (Å²) < 4.78 is 1.65. The number of carbonyl (C=O) groups excluding carboxylic acids is 2. The van der Waals surface area contributed by atoms with E-state index in [4.69, 9.17) is 5.73 Å². The van der Waals surface area contributed by atoms with Crippen LogP contribution in [0.3, 0.4) is 0 Å². The molecule has 0 saturated carbocycles.